The lowest BCUT2D eigenvalue weighted by Gasteiger charge is -2.06. The molecule has 0 saturated carbocycles. The van der Waals surface area contributed by atoms with Gasteiger partial charge in [-0.15, -0.1) is 0 Å². The number of hydrogen-bond acceptors (Lipinski definition) is 5. The molecule has 3 aromatic rings. The zero-order chi connectivity index (χ0) is 17.6. The van der Waals surface area contributed by atoms with E-state index < -0.39 is 0 Å². The molecular formula is C19H19N3O3. The molecular weight excluding hydrogens is 318 g/mol. The maximum absolute atomic E-state index is 11.5. The Morgan fingerprint density at radius 2 is 1.96 bits per heavy atom. The van der Waals surface area contributed by atoms with Gasteiger partial charge < -0.3 is 14.6 Å². The van der Waals surface area contributed by atoms with Crippen LogP contribution >= 0.6 is 0 Å². The number of nitrogens with zero attached hydrogens (tertiary/aromatic N) is 2. The van der Waals surface area contributed by atoms with Gasteiger partial charge in [0.25, 0.3) is 11.8 Å². The van der Waals surface area contributed by atoms with Crippen LogP contribution in [-0.4, -0.2) is 29.2 Å². The SMILES string of the molecule is CCNC(=O)COc1cccc(-c2nc(-c3ccc(C)cc3)no2)c1. The molecule has 3 rings (SSSR count). The zero-order valence-electron chi connectivity index (χ0n) is 14.2. The molecule has 0 unspecified atom stereocenters. The van der Waals surface area contributed by atoms with Crippen molar-refractivity contribution in [2.45, 2.75) is 13.8 Å². The Labute approximate surface area is 145 Å². The lowest BCUT2D eigenvalue weighted by Crippen LogP contribution is -2.28. The molecule has 0 spiro atoms. The molecule has 0 saturated heterocycles. The highest BCUT2D eigenvalue weighted by Gasteiger charge is 2.11. The van der Waals surface area contributed by atoms with E-state index in [9.17, 15) is 4.79 Å². The van der Waals surface area contributed by atoms with E-state index in [4.69, 9.17) is 9.26 Å². The third-order valence-electron chi connectivity index (χ3n) is 3.56. The summed E-state index contributed by atoms with van der Waals surface area (Å²) < 4.78 is 10.8. The van der Waals surface area contributed by atoms with Crippen LogP contribution in [0.25, 0.3) is 22.8 Å². The highest BCUT2D eigenvalue weighted by atomic mass is 16.5. The van der Waals surface area contributed by atoms with Crippen LogP contribution in [0.5, 0.6) is 5.75 Å². The van der Waals surface area contributed by atoms with Gasteiger partial charge in [0.15, 0.2) is 6.61 Å². The van der Waals surface area contributed by atoms with Crippen molar-refractivity contribution in [1.29, 1.82) is 0 Å². The molecule has 1 aromatic heterocycles. The van der Waals surface area contributed by atoms with E-state index in [1.54, 1.807) is 12.1 Å². The van der Waals surface area contributed by atoms with Gasteiger partial charge in [0.2, 0.25) is 5.82 Å². The number of amides is 1. The molecule has 6 heteroatoms. The predicted molar refractivity (Wildman–Crippen MR) is 94.1 cm³/mol. The first-order valence-electron chi connectivity index (χ1n) is 8.06. The van der Waals surface area contributed by atoms with Gasteiger partial charge >= 0.3 is 0 Å². The van der Waals surface area contributed by atoms with E-state index in [2.05, 4.69) is 15.5 Å². The van der Waals surface area contributed by atoms with Gasteiger partial charge in [-0.05, 0) is 32.0 Å². The quantitative estimate of drug-likeness (QED) is 0.747. The molecule has 0 bridgehead atoms. The second-order valence-electron chi connectivity index (χ2n) is 5.56. The van der Waals surface area contributed by atoms with E-state index in [1.807, 2.05) is 50.2 Å². The fraction of sp³-hybridized carbons (Fsp3) is 0.211. The number of carbonyl (C=O) groups excluding carboxylic acids is 1. The molecule has 6 nitrogen and oxygen atoms in total. The normalized spacial score (nSPS) is 10.5. The Hall–Kier alpha value is -3.15. The van der Waals surface area contributed by atoms with Crippen molar-refractivity contribution >= 4 is 5.91 Å². The highest BCUT2D eigenvalue weighted by molar-refractivity contribution is 5.77. The first kappa shape index (κ1) is 16.7. The summed E-state index contributed by atoms with van der Waals surface area (Å²) in [6.07, 6.45) is 0. The van der Waals surface area contributed by atoms with Crippen LogP contribution in [-0.2, 0) is 4.79 Å². The van der Waals surface area contributed by atoms with Gasteiger partial charge in [0.1, 0.15) is 5.75 Å². The number of nitrogens with one attached hydrogen (secondary N) is 1. The summed E-state index contributed by atoms with van der Waals surface area (Å²) in [5.74, 6) is 1.34. The first-order chi connectivity index (χ1) is 12.2. The molecule has 2 aromatic carbocycles. The smallest absolute Gasteiger partial charge is 0.258 e. The lowest BCUT2D eigenvalue weighted by molar-refractivity contribution is -0.122. The molecule has 1 heterocycles. The summed E-state index contributed by atoms with van der Waals surface area (Å²) in [4.78, 5) is 15.9. The van der Waals surface area contributed by atoms with Crippen molar-refractivity contribution in [3.8, 4) is 28.6 Å². The Morgan fingerprint density at radius 3 is 2.72 bits per heavy atom. The minimum atomic E-state index is -0.160. The number of carbonyl (C=O) groups is 1. The fourth-order valence-corrected chi connectivity index (χ4v) is 2.28. The maximum atomic E-state index is 11.5. The minimum Gasteiger partial charge on any atom is -0.484 e. The molecule has 0 atom stereocenters. The Kier molecular flexibility index (Phi) is 5.09. The zero-order valence-corrected chi connectivity index (χ0v) is 14.2. The van der Waals surface area contributed by atoms with Crippen molar-refractivity contribution < 1.29 is 14.1 Å². The average Bonchev–Trinajstić information content (AvgIpc) is 3.11. The standard InChI is InChI=1S/C19H19N3O3/c1-3-20-17(23)12-24-16-6-4-5-15(11-16)19-21-18(22-25-19)14-9-7-13(2)8-10-14/h4-11H,3,12H2,1-2H3,(H,20,23). The number of aryl methyl sites for hydroxylation is 1. The van der Waals surface area contributed by atoms with Crippen molar-refractivity contribution in [2.24, 2.45) is 0 Å². The van der Waals surface area contributed by atoms with Gasteiger partial charge in [-0.1, -0.05) is 41.1 Å². The van der Waals surface area contributed by atoms with Gasteiger partial charge in [0, 0.05) is 17.7 Å². The molecule has 0 radical (unpaired) electrons. The molecule has 1 N–H and O–H groups in total. The second-order valence-corrected chi connectivity index (χ2v) is 5.56. The van der Waals surface area contributed by atoms with Crippen LogP contribution in [0.15, 0.2) is 53.1 Å². The predicted octanol–water partition coefficient (Wildman–Crippen LogP) is 3.23. The topological polar surface area (TPSA) is 77.2 Å². The summed E-state index contributed by atoms with van der Waals surface area (Å²) in [5.41, 5.74) is 2.80. The van der Waals surface area contributed by atoms with Gasteiger partial charge in [0.05, 0.1) is 0 Å². The first-order valence-corrected chi connectivity index (χ1v) is 8.06. The van der Waals surface area contributed by atoms with Gasteiger partial charge in [-0.25, -0.2) is 0 Å². The number of rotatable bonds is 6. The van der Waals surface area contributed by atoms with Crippen molar-refractivity contribution in [3.63, 3.8) is 0 Å². The van der Waals surface area contributed by atoms with Gasteiger partial charge in [-0.2, -0.15) is 4.98 Å². The molecule has 128 valence electrons. The van der Waals surface area contributed by atoms with Crippen LogP contribution in [0.1, 0.15) is 12.5 Å². The van der Waals surface area contributed by atoms with E-state index in [1.165, 1.54) is 5.56 Å². The Morgan fingerprint density at radius 1 is 1.16 bits per heavy atom. The fourth-order valence-electron chi connectivity index (χ4n) is 2.28. The molecule has 0 aliphatic carbocycles. The number of likely N-dealkylation sites (N-methyl/N-ethyl adjacent to an activating group) is 1. The summed E-state index contributed by atoms with van der Waals surface area (Å²) in [5, 5.41) is 6.71. The Balaban J connectivity index is 1.75. The van der Waals surface area contributed by atoms with Crippen LogP contribution in [0.3, 0.4) is 0 Å². The number of ether oxygens (including phenoxy) is 1. The summed E-state index contributed by atoms with van der Waals surface area (Å²) >= 11 is 0. The summed E-state index contributed by atoms with van der Waals surface area (Å²) in [6.45, 7) is 4.43. The Bertz CT molecular complexity index is 856. The van der Waals surface area contributed by atoms with E-state index in [-0.39, 0.29) is 12.5 Å². The average molecular weight is 337 g/mol. The molecule has 0 aliphatic heterocycles. The molecule has 1 amide bonds. The largest absolute Gasteiger partial charge is 0.484 e. The third-order valence-corrected chi connectivity index (χ3v) is 3.56. The third kappa shape index (κ3) is 4.23. The van der Waals surface area contributed by atoms with E-state index >= 15 is 0 Å². The molecule has 25 heavy (non-hydrogen) atoms. The second kappa shape index (κ2) is 7.61. The van der Waals surface area contributed by atoms with Crippen LogP contribution in [0.4, 0.5) is 0 Å². The van der Waals surface area contributed by atoms with E-state index in [0.29, 0.717) is 24.0 Å². The van der Waals surface area contributed by atoms with Crippen LogP contribution in [0.2, 0.25) is 0 Å². The summed E-state index contributed by atoms with van der Waals surface area (Å²) in [6, 6.07) is 15.1. The molecule has 0 fully saturated rings. The molecule has 0 aliphatic rings. The van der Waals surface area contributed by atoms with Crippen molar-refractivity contribution in [1.82, 2.24) is 15.5 Å². The van der Waals surface area contributed by atoms with Crippen LogP contribution in [0, 0.1) is 6.92 Å². The number of aromatic nitrogens is 2. The van der Waals surface area contributed by atoms with Crippen molar-refractivity contribution in [3.05, 3.63) is 54.1 Å². The summed E-state index contributed by atoms with van der Waals surface area (Å²) in [7, 11) is 0. The van der Waals surface area contributed by atoms with E-state index in [0.717, 1.165) is 11.1 Å². The lowest BCUT2D eigenvalue weighted by atomic mass is 10.1. The van der Waals surface area contributed by atoms with Crippen molar-refractivity contribution in [2.75, 3.05) is 13.2 Å². The highest BCUT2D eigenvalue weighted by Crippen LogP contribution is 2.25. The number of benzene rings is 2. The van der Waals surface area contributed by atoms with Gasteiger partial charge in [-0.3, -0.25) is 4.79 Å². The van der Waals surface area contributed by atoms with Crippen LogP contribution < -0.4 is 10.1 Å². The maximum Gasteiger partial charge on any atom is 0.258 e. The minimum absolute atomic E-state index is 0.0320. The number of hydrogen-bond donors (Lipinski definition) is 1. The monoisotopic (exact) mass is 337 g/mol.